The molecule has 2 heterocycles. The number of nitrogens with one attached hydrogen (secondary N) is 6. The molecule has 0 bridgehead atoms. The molecule has 0 radical (unpaired) electrons. The largest absolute Gasteiger partial charge is 0.412 e. The number of carbonyl (C=O) groups excluding carboxylic acids is 4. The maximum absolute atomic E-state index is 12.9. The van der Waals surface area contributed by atoms with Gasteiger partial charge in [0.25, 0.3) is 21.9 Å². The van der Waals surface area contributed by atoms with E-state index in [1.807, 2.05) is 6.92 Å². The van der Waals surface area contributed by atoms with E-state index in [0.29, 0.717) is 47.6 Å². The number of ether oxygens (including phenoxy) is 2. The van der Waals surface area contributed by atoms with Crippen LogP contribution in [0.15, 0.2) is 151 Å². The van der Waals surface area contributed by atoms with Crippen LogP contribution in [0.1, 0.15) is 37.7 Å². The number of aromatic nitrogens is 2. The summed E-state index contributed by atoms with van der Waals surface area (Å²) in [5.74, 6) is 0.920. The van der Waals surface area contributed by atoms with Gasteiger partial charge in [-0.3, -0.25) is 24.1 Å². The Hall–Kier alpha value is -4.84. The SMILES string of the molecule is CNC(=O)c1cc(Oc2ccc(NC(=O)Nc3ccc(Cl)c(C(F)(F)F)c3)cc2)ccn1.CNC(=O)c1cc(Oc2ccc(NC(=O)Nc3ccc(Cl)c(C(F)(F)F)c3)cc2)ccn1.Cc1ccc(S(=O)(=O)O)cc1.II.I[I-]I.O. The molecule has 0 spiro atoms. The van der Waals surface area contributed by atoms with Crippen LogP contribution in [0.2, 0.25) is 10.0 Å². The Bertz CT molecular complexity index is 3130. The third kappa shape index (κ3) is 25.7. The first-order chi connectivity index (χ1) is 37.7. The molecule has 0 aliphatic heterocycles. The van der Waals surface area contributed by atoms with Crippen LogP contribution in [0.4, 0.5) is 58.7 Å². The molecule has 7 aromatic rings. The number of rotatable bonds is 11. The average molecular weight is 1750 g/mol. The Morgan fingerprint density at radius 3 is 1.17 bits per heavy atom. The van der Waals surface area contributed by atoms with Crippen LogP contribution in [0, 0.1) is 6.92 Å². The Morgan fingerprint density at radius 2 is 0.864 bits per heavy atom. The Kier molecular flexibility index (Phi) is 31.5. The minimum atomic E-state index is -4.64. The molecule has 0 unspecified atom stereocenters. The average Bonchev–Trinajstić information content (AvgIpc) is 3.41. The fraction of sp³-hybridized carbons (Fsp3) is 0.102. The molecule has 7 rings (SSSR count). The van der Waals surface area contributed by atoms with Gasteiger partial charge in [-0.25, -0.2) is 9.59 Å². The molecule has 32 heteroatoms. The van der Waals surface area contributed by atoms with Crippen molar-refractivity contribution < 1.29 is 86.7 Å². The fourth-order valence-electron chi connectivity index (χ4n) is 5.88. The summed E-state index contributed by atoms with van der Waals surface area (Å²) in [7, 11) is -1.04. The molecule has 5 aromatic carbocycles. The normalized spacial score (nSPS) is 10.5. The number of anilines is 4. The van der Waals surface area contributed by atoms with E-state index in [4.69, 9.17) is 37.2 Å². The first kappa shape index (κ1) is 72.3. The van der Waals surface area contributed by atoms with Gasteiger partial charge in [0.1, 0.15) is 34.4 Å². The number of alkyl halides is 6. The summed E-state index contributed by atoms with van der Waals surface area (Å²) in [5, 5.41) is 13.7. The Labute approximate surface area is 522 Å². The minimum Gasteiger partial charge on any atom is -0.412 e. The van der Waals surface area contributed by atoms with Crippen molar-refractivity contribution in [1.82, 2.24) is 20.6 Å². The van der Waals surface area contributed by atoms with Crippen molar-refractivity contribution in [3.8, 4) is 23.0 Å². The van der Waals surface area contributed by atoms with E-state index in [0.717, 1.165) is 29.8 Å². The summed E-state index contributed by atoms with van der Waals surface area (Å²) in [5.41, 5.74) is -0.138. The maximum Gasteiger partial charge on any atom is -0.412 e. The topological polar surface area (TPSA) is 271 Å². The zero-order valence-corrected chi connectivity index (χ0v) is 54.4. The number of pyridine rings is 2. The van der Waals surface area contributed by atoms with Gasteiger partial charge in [-0.2, -0.15) is 34.8 Å². The van der Waals surface area contributed by atoms with Crippen LogP contribution in [0.25, 0.3) is 0 Å². The first-order valence-electron chi connectivity index (χ1n) is 21.6. The number of carbonyl (C=O) groups is 4. The van der Waals surface area contributed by atoms with Crippen molar-refractivity contribution >= 4 is 154 Å². The second-order valence-corrected chi connectivity index (χ2v) is 33.5. The molecule has 81 heavy (non-hydrogen) atoms. The van der Waals surface area contributed by atoms with Crippen LogP contribution in [-0.4, -0.2) is 66.4 Å². The molecule has 0 fully saturated rings. The second-order valence-electron chi connectivity index (χ2n) is 15.0. The van der Waals surface area contributed by atoms with Gasteiger partial charge in [-0.1, -0.05) is 40.9 Å². The predicted octanol–water partition coefficient (Wildman–Crippen LogP) is 12.1. The van der Waals surface area contributed by atoms with E-state index >= 15 is 0 Å². The standard InChI is InChI=1S/2C21H16ClF3N4O3.C7H8O3S.I3.I2.H2O/c2*1-26-19(30)18-11-15(8-9-27-18)32-14-5-2-12(3-6-14)28-20(31)29-13-4-7-17(22)16(10-13)21(23,24)25;1-6-2-4-7(5-3-6)11(8,9)10;1-3-2;1-2;/h2*2-11H,1H3,(H,26,30)(H2,28,29,31);2-5H,1H3,(H,8,9,10);;;1H2/q;;;-1;;. The molecule has 0 aliphatic carbocycles. The zero-order chi connectivity index (χ0) is 59.8. The van der Waals surface area contributed by atoms with E-state index in [1.54, 1.807) is 72.8 Å². The Balaban J connectivity index is 0.000000433. The molecule has 0 atom stereocenters. The summed E-state index contributed by atoms with van der Waals surface area (Å²) >= 11 is 20.7. The van der Waals surface area contributed by atoms with Crippen molar-refractivity contribution in [2.45, 2.75) is 24.2 Å². The summed E-state index contributed by atoms with van der Waals surface area (Å²) in [6.45, 7) is 1.84. The van der Waals surface area contributed by atoms with E-state index in [-0.39, 0.29) is 44.9 Å². The van der Waals surface area contributed by atoms with Gasteiger partial charge in [-0.15, -0.1) is 0 Å². The van der Waals surface area contributed by atoms with Crippen molar-refractivity contribution in [2.75, 3.05) is 35.4 Å². The smallest absolute Gasteiger partial charge is 0.412 e. The van der Waals surface area contributed by atoms with Gasteiger partial charge in [0.2, 0.25) is 0 Å². The van der Waals surface area contributed by atoms with Crippen LogP contribution in [0.5, 0.6) is 23.0 Å². The minimum absolute atomic E-state index is 0. The van der Waals surface area contributed by atoms with Crippen molar-refractivity contribution in [3.05, 3.63) is 184 Å². The monoisotopic (exact) mass is 1750 g/mol. The van der Waals surface area contributed by atoms with Gasteiger partial charge in [0, 0.05) is 98.6 Å². The molecule has 2 aromatic heterocycles. The van der Waals surface area contributed by atoms with Crippen LogP contribution in [0.3, 0.4) is 0 Å². The van der Waals surface area contributed by atoms with E-state index in [1.165, 1.54) is 62.9 Å². The first-order valence-corrected chi connectivity index (χ1v) is 42.6. The van der Waals surface area contributed by atoms with Gasteiger partial charge in [0.05, 0.1) is 26.1 Å². The van der Waals surface area contributed by atoms with Crippen LogP contribution in [-0.2, 0) is 22.5 Å². The molecule has 0 saturated carbocycles. The zero-order valence-electron chi connectivity index (χ0n) is 41.3. The molecule has 0 aliphatic rings. The number of halogens is 13. The van der Waals surface area contributed by atoms with Crippen LogP contribution >= 0.6 is 97.7 Å². The van der Waals surface area contributed by atoms with E-state index < -0.39 is 55.7 Å². The quantitative estimate of drug-likeness (QED) is 0.0363. The molecular weight excluding hydrogens is 1710 g/mol. The van der Waals surface area contributed by atoms with Gasteiger partial charge in [-0.05, 0) is 116 Å². The molecule has 0 saturated heterocycles. The second kappa shape index (κ2) is 35.3. The molecule has 436 valence electrons. The number of benzene rings is 5. The van der Waals surface area contributed by atoms with Gasteiger partial charge < -0.3 is 46.9 Å². The predicted molar refractivity (Wildman–Crippen MR) is 327 cm³/mol. The number of hydrogen-bond donors (Lipinski definition) is 7. The third-order valence-electron chi connectivity index (χ3n) is 9.46. The summed E-state index contributed by atoms with van der Waals surface area (Å²) in [4.78, 5) is 55.3. The molecule has 9 N–H and O–H groups in total. The van der Waals surface area contributed by atoms with Gasteiger partial charge >= 0.3 is 74.9 Å². The molecule has 18 nitrogen and oxygen atoms in total. The van der Waals surface area contributed by atoms with Gasteiger partial charge in [0.15, 0.2) is 0 Å². The maximum atomic E-state index is 12.9. The number of aryl methyl sites for hydroxylation is 1. The fourth-order valence-corrected chi connectivity index (χ4v) is 6.81. The summed E-state index contributed by atoms with van der Waals surface area (Å²) in [6, 6.07) is 29.2. The Morgan fingerprint density at radius 1 is 0.543 bits per heavy atom. The van der Waals surface area contributed by atoms with E-state index in [9.17, 15) is 53.9 Å². The van der Waals surface area contributed by atoms with E-state index in [2.05, 4.69) is 116 Å². The number of nitrogens with zero attached hydrogens (tertiary/aromatic N) is 2. The van der Waals surface area contributed by atoms with Crippen molar-refractivity contribution in [1.29, 1.82) is 0 Å². The van der Waals surface area contributed by atoms with Crippen LogP contribution < -0.4 is 54.6 Å². The third-order valence-corrected chi connectivity index (χ3v) is 11.0. The summed E-state index contributed by atoms with van der Waals surface area (Å²) < 4.78 is 119. The summed E-state index contributed by atoms with van der Waals surface area (Å²) in [6.07, 6.45) is -6.42. The van der Waals surface area contributed by atoms with Crippen molar-refractivity contribution in [3.63, 3.8) is 0 Å². The number of hydrogen-bond acceptors (Lipinski definition) is 10. The number of amides is 6. The number of urea groups is 2. The van der Waals surface area contributed by atoms with Crippen molar-refractivity contribution in [2.24, 2.45) is 0 Å². The molecule has 6 amide bonds. The molecular formula is C49H42Cl2F6I5N8O10S-.